The van der Waals surface area contributed by atoms with E-state index in [-0.39, 0.29) is 23.2 Å². The number of aromatic nitrogens is 3. The summed E-state index contributed by atoms with van der Waals surface area (Å²) < 4.78 is 25.0. The first-order chi connectivity index (χ1) is 16.7. The van der Waals surface area contributed by atoms with Crippen LogP contribution in [0.25, 0.3) is 10.9 Å². The van der Waals surface area contributed by atoms with Gasteiger partial charge >= 0.3 is 0 Å². The Hall–Kier alpha value is -3.85. The fourth-order valence-electron chi connectivity index (χ4n) is 4.06. The van der Waals surface area contributed by atoms with Crippen molar-refractivity contribution in [1.29, 1.82) is 0 Å². The largest absolute Gasteiger partial charge is 0.383 e. The highest BCUT2D eigenvalue weighted by molar-refractivity contribution is 7.90. The maximum Gasteiger partial charge on any atom is 0.260 e. The first kappa shape index (κ1) is 22.9. The molecule has 1 amide bonds. The summed E-state index contributed by atoms with van der Waals surface area (Å²) in [6, 6.07) is 14.5. The van der Waals surface area contributed by atoms with E-state index in [9.17, 15) is 13.2 Å². The topological polar surface area (TPSA) is 119 Å². The van der Waals surface area contributed by atoms with Crippen molar-refractivity contribution in [2.45, 2.75) is 37.3 Å². The van der Waals surface area contributed by atoms with Crippen molar-refractivity contribution in [2.24, 2.45) is 0 Å². The number of hydrogen-bond acceptors (Lipinski definition) is 7. The van der Waals surface area contributed by atoms with Crippen LogP contribution in [0.4, 0.5) is 11.5 Å². The lowest BCUT2D eigenvalue weighted by molar-refractivity contribution is 0.0984. The number of hydrogen-bond donors (Lipinski definition) is 1. The number of rotatable bonds is 6. The van der Waals surface area contributed by atoms with Crippen molar-refractivity contribution in [2.75, 3.05) is 16.9 Å². The Bertz CT molecular complexity index is 1550. The molecule has 0 radical (unpaired) electrons. The molecular weight excluding hydrogens is 462 g/mol. The van der Waals surface area contributed by atoms with Crippen LogP contribution in [-0.2, 0) is 16.4 Å². The van der Waals surface area contributed by atoms with Gasteiger partial charge in [0.05, 0.1) is 23.3 Å². The molecule has 1 aliphatic carbocycles. The number of nitrogens with zero attached hydrogens (tertiary/aromatic N) is 4. The zero-order chi connectivity index (χ0) is 24.7. The molecule has 1 fully saturated rings. The second-order valence-electron chi connectivity index (χ2n) is 8.95. The van der Waals surface area contributed by atoms with Gasteiger partial charge in [-0.25, -0.2) is 18.4 Å². The molecule has 2 N–H and O–H groups in total. The molecule has 8 nitrogen and oxygen atoms in total. The Morgan fingerprint density at radius 1 is 1.11 bits per heavy atom. The van der Waals surface area contributed by atoms with E-state index in [0.29, 0.717) is 22.8 Å². The lowest BCUT2D eigenvalue weighted by Gasteiger charge is -2.24. The van der Waals surface area contributed by atoms with Crippen molar-refractivity contribution in [3.63, 3.8) is 0 Å². The molecule has 0 spiro atoms. The molecule has 178 valence electrons. The van der Waals surface area contributed by atoms with Gasteiger partial charge in [0, 0.05) is 35.6 Å². The van der Waals surface area contributed by atoms with Crippen LogP contribution in [0, 0.1) is 6.92 Å². The second kappa shape index (κ2) is 8.74. The van der Waals surface area contributed by atoms with Gasteiger partial charge in [0.1, 0.15) is 5.82 Å². The Morgan fingerprint density at radius 3 is 2.60 bits per heavy atom. The van der Waals surface area contributed by atoms with Crippen molar-refractivity contribution >= 4 is 38.2 Å². The summed E-state index contributed by atoms with van der Waals surface area (Å²) in [5.74, 6) is 0.539. The number of fused-ring (bicyclic) bond motifs is 1. The Kier molecular flexibility index (Phi) is 5.72. The van der Waals surface area contributed by atoms with Crippen molar-refractivity contribution in [3.05, 3.63) is 83.3 Å². The number of sulfone groups is 1. The quantitative estimate of drug-likeness (QED) is 0.436. The van der Waals surface area contributed by atoms with Gasteiger partial charge in [0.15, 0.2) is 14.9 Å². The molecule has 9 heteroatoms. The molecule has 0 unspecified atom stereocenters. The molecular formula is C26H25N5O3S. The highest BCUT2D eigenvalue weighted by Crippen LogP contribution is 2.38. The SMILES string of the molecule is Cc1cc2ccc(CN(C(=O)c3ccc(C4CC4)nc3)c3cccnc3S(C)(=O)=O)cc2nc1N. The maximum absolute atomic E-state index is 13.7. The van der Waals surface area contributed by atoms with E-state index in [1.165, 1.54) is 11.1 Å². The number of nitrogens with two attached hydrogens (primary N) is 1. The molecule has 0 atom stereocenters. The lowest BCUT2D eigenvalue weighted by Crippen LogP contribution is -2.32. The molecule has 0 bridgehead atoms. The smallest absolute Gasteiger partial charge is 0.260 e. The van der Waals surface area contributed by atoms with Crippen LogP contribution in [0.15, 0.2) is 66.0 Å². The standard InChI is InChI=1S/C26H25N5O3S/c1-16-12-19-6-5-17(13-22(19)30-24(16)27)15-31(23-4-3-11-28-25(23)35(2,33)34)26(32)20-9-10-21(29-14-20)18-7-8-18/h3-6,9-14,18H,7-8,15H2,1-2H3,(H2,27,30). The molecule has 35 heavy (non-hydrogen) atoms. The van der Waals surface area contributed by atoms with E-state index >= 15 is 0 Å². The van der Waals surface area contributed by atoms with E-state index in [1.807, 2.05) is 37.3 Å². The van der Waals surface area contributed by atoms with E-state index in [1.54, 1.807) is 24.4 Å². The molecule has 4 aromatic rings. The molecule has 1 aromatic carbocycles. The van der Waals surface area contributed by atoms with Gasteiger partial charge in [-0.05, 0) is 67.3 Å². The van der Waals surface area contributed by atoms with Gasteiger partial charge in [0.2, 0.25) is 0 Å². The zero-order valence-corrected chi connectivity index (χ0v) is 20.3. The minimum Gasteiger partial charge on any atom is -0.383 e. The van der Waals surface area contributed by atoms with Crippen molar-refractivity contribution < 1.29 is 13.2 Å². The molecule has 1 aliphatic rings. The van der Waals surface area contributed by atoms with Crippen LogP contribution in [-0.4, -0.2) is 35.5 Å². The van der Waals surface area contributed by atoms with Gasteiger partial charge in [-0.15, -0.1) is 0 Å². The van der Waals surface area contributed by atoms with Crippen LogP contribution < -0.4 is 10.6 Å². The van der Waals surface area contributed by atoms with Gasteiger partial charge < -0.3 is 10.6 Å². The lowest BCUT2D eigenvalue weighted by atomic mass is 10.1. The molecule has 1 saturated carbocycles. The van der Waals surface area contributed by atoms with Crippen LogP contribution >= 0.6 is 0 Å². The third kappa shape index (κ3) is 4.72. The van der Waals surface area contributed by atoms with E-state index in [4.69, 9.17) is 5.73 Å². The predicted octanol–water partition coefficient (Wildman–Crippen LogP) is 4.04. The second-order valence-corrected chi connectivity index (χ2v) is 10.9. The average molecular weight is 488 g/mol. The Labute approximate surface area is 203 Å². The first-order valence-corrected chi connectivity index (χ1v) is 13.2. The number of anilines is 2. The first-order valence-electron chi connectivity index (χ1n) is 11.3. The summed E-state index contributed by atoms with van der Waals surface area (Å²) in [6.45, 7) is 2.01. The third-order valence-electron chi connectivity index (χ3n) is 6.12. The number of benzene rings is 1. The van der Waals surface area contributed by atoms with Crippen molar-refractivity contribution in [3.8, 4) is 0 Å². The summed E-state index contributed by atoms with van der Waals surface area (Å²) in [6.07, 6.45) is 6.27. The average Bonchev–Trinajstić information content (AvgIpc) is 3.68. The van der Waals surface area contributed by atoms with E-state index in [2.05, 4.69) is 15.0 Å². The summed E-state index contributed by atoms with van der Waals surface area (Å²) in [5.41, 5.74) is 9.91. The Balaban J connectivity index is 1.58. The van der Waals surface area contributed by atoms with Gasteiger partial charge in [0.25, 0.3) is 5.91 Å². The van der Waals surface area contributed by atoms with Gasteiger partial charge in [-0.2, -0.15) is 0 Å². The molecule has 0 aliphatic heterocycles. The van der Waals surface area contributed by atoms with E-state index in [0.717, 1.165) is 41.3 Å². The predicted molar refractivity (Wildman–Crippen MR) is 135 cm³/mol. The number of nitrogen functional groups attached to an aromatic ring is 1. The summed E-state index contributed by atoms with van der Waals surface area (Å²) >= 11 is 0. The molecule has 5 rings (SSSR count). The number of amides is 1. The summed E-state index contributed by atoms with van der Waals surface area (Å²) in [4.78, 5) is 28.2. The van der Waals surface area contributed by atoms with Gasteiger partial charge in [-0.1, -0.05) is 12.1 Å². The van der Waals surface area contributed by atoms with Crippen LogP contribution in [0.2, 0.25) is 0 Å². The zero-order valence-electron chi connectivity index (χ0n) is 19.5. The Morgan fingerprint density at radius 2 is 1.91 bits per heavy atom. The van der Waals surface area contributed by atoms with E-state index < -0.39 is 9.84 Å². The fraction of sp³-hybridized carbons (Fsp3) is 0.231. The molecule has 3 heterocycles. The van der Waals surface area contributed by atoms with Crippen LogP contribution in [0.1, 0.15) is 45.9 Å². The number of carbonyl (C=O) groups is 1. The highest BCUT2D eigenvalue weighted by atomic mass is 32.2. The minimum atomic E-state index is -3.69. The normalized spacial score (nSPS) is 13.7. The maximum atomic E-state index is 13.7. The summed E-state index contributed by atoms with van der Waals surface area (Å²) in [7, 11) is -3.69. The third-order valence-corrected chi connectivity index (χ3v) is 7.14. The monoisotopic (exact) mass is 487 g/mol. The molecule has 3 aromatic heterocycles. The number of carbonyl (C=O) groups excluding carboxylic acids is 1. The van der Waals surface area contributed by atoms with Crippen molar-refractivity contribution in [1.82, 2.24) is 15.0 Å². The fourth-order valence-corrected chi connectivity index (χ4v) is 4.87. The van der Waals surface area contributed by atoms with Crippen LogP contribution in [0.3, 0.4) is 0 Å². The molecule has 0 saturated heterocycles. The number of pyridine rings is 3. The minimum absolute atomic E-state index is 0.114. The van der Waals surface area contributed by atoms with Crippen LogP contribution in [0.5, 0.6) is 0 Å². The van der Waals surface area contributed by atoms with Gasteiger partial charge in [-0.3, -0.25) is 9.78 Å². The number of aryl methyl sites for hydroxylation is 1. The summed E-state index contributed by atoms with van der Waals surface area (Å²) in [5, 5.41) is 0.770. The highest BCUT2D eigenvalue weighted by Gasteiger charge is 2.28.